The highest BCUT2D eigenvalue weighted by Gasteiger charge is 2.26. The van der Waals surface area contributed by atoms with Crippen LogP contribution >= 0.6 is 11.3 Å². The van der Waals surface area contributed by atoms with Gasteiger partial charge in [0.15, 0.2) is 0 Å². The number of amides is 1. The summed E-state index contributed by atoms with van der Waals surface area (Å²) in [7, 11) is -3.86. The van der Waals surface area contributed by atoms with Gasteiger partial charge in [-0.25, -0.2) is 17.8 Å². The highest BCUT2D eigenvalue weighted by molar-refractivity contribution is 7.90. The van der Waals surface area contributed by atoms with E-state index in [4.69, 9.17) is 0 Å². The Hall–Kier alpha value is -3.56. The Balaban J connectivity index is 1.70. The minimum Gasteiger partial charge on any atom is -0.328 e. The lowest BCUT2D eigenvalue weighted by Gasteiger charge is -2.22. The fourth-order valence-electron chi connectivity index (χ4n) is 3.69. The zero-order valence-corrected chi connectivity index (χ0v) is 20.5. The molecule has 0 radical (unpaired) electrons. The first-order chi connectivity index (χ1) is 16.9. The van der Waals surface area contributed by atoms with Crippen LogP contribution in [0.3, 0.4) is 0 Å². The molecule has 0 aliphatic heterocycles. The van der Waals surface area contributed by atoms with Crippen LogP contribution in [-0.2, 0) is 28.7 Å². The average Bonchev–Trinajstić information content (AvgIpc) is 3.52. The van der Waals surface area contributed by atoms with Gasteiger partial charge < -0.3 is 9.47 Å². The second-order valence-corrected chi connectivity index (χ2v) is 10.8. The molecule has 0 fully saturated rings. The second kappa shape index (κ2) is 10.8. The molecule has 9 heteroatoms. The van der Waals surface area contributed by atoms with Crippen LogP contribution in [0.15, 0.2) is 96.1 Å². The Labute approximate surface area is 207 Å². The van der Waals surface area contributed by atoms with Crippen LogP contribution in [-0.4, -0.2) is 35.3 Å². The first kappa shape index (κ1) is 24.6. The molecule has 4 rings (SSSR count). The molecule has 0 aliphatic carbocycles. The molecule has 4 aromatic rings. The SMILES string of the molecule is C=CCN(Cc1cnc(S(=O)(=O)Cc2ccc(F)cc2)n1Cc1ccccc1)C(=O)c1cccs1. The number of hydrogen-bond acceptors (Lipinski definition) is 5. The standard InChI is InChI=1S/C26H24FN3O3S2/c1-2-14-29(25(31)24-9-6-15-34-24)18-23-16-28-26(30(23)17-20-7-4-3-5-8-20)35(32,33)19-21-10-12-22(27)13-11-21/h2-13,15-16H,1,14,17-19H2. The molecule has 0 saturated heterocycles. The van der Waals surface area contributed by atoms with E-state index in [1.165, 1.54) is 41.8 Å². The van der Waals surface area contributed by atoms with Gasteiger partial charge in [-0.05, 0) is 34.7 Å². The summed E-state index contributed by atoms with van der Waals surface area (Å²) in [5, 5.41) is 1.74. The summed E-state index contributed by atoms with van der Waals surface area (Å²) in [5.41, 5.74) is 1.94. The van der Waals surface area contributed by atoms with Gasteiger partial charge in [0.25, 0.3) is 5.91 Å². The van der Waals surface area contributed by atoms with Crippen molar-refractivity contribution in [2.24, 2.45) is 0 Å². The molecule has 180 valence electrons. The molecule has 0 atom stereocenters. The maximum atomic E-state index is 13.4. The second-order valence-electron chi connectivity index (χ2n) is 7.94. The highest BCUT2D eigenvalue weighted by atomic mass is 32.2. The van der Waals surface area contributed by atoms with Crippen LogP contribution in [0.2, 0.25) is 0 Å². The van der Waals surface area contributed by atoms with Crippen molar-refractivity contribution in [3.05, 3.63) is 118 Å². The summed E-state index contributed by atoms with van der Waals surface area (Å²) in [6.45, 7) is 4.48. The molecule has 6 nitrogen and oxygen atoms in total. The van der Waals surface area contributed by atoms with Gasteiger partial charge in [0.05, 0.1) is 35.6 Å². The molecule has 2 aromatic carbocycles. The zero-order chi connectivity index (χ0) is 24.8. The number of hydrogen-bond donors (Lipinski definition) is 0. The van der Waals surface area contributed by atoms with E-state index in [9.17, 15) is 17.6 Å². The van der Waals surface area contributed by atoms with E-state index >= 15 is 0 Å². The molecule has 0 aliphatic rings. The molecule has 2 heterocycles. The number of nitrogens with zero attached hydrogens (tertiary/aromatic N) is 3. The van der Waals surface area contributed by atoms with E-state index < -0.39 is 15.7 Å². The van der Waals surface area contributed by atoms with Gasteiger partial charge in [-0.15, -0.1) is 17.9 Å². The monoisotopic (exact) mass is 509 g/mol. The van der Waals surface area contributed by atoms with Crippen molar-refractivity contribution >= 4 is 27.1 Å². The quantitative estimate of drug-likeness (QED) is 0.284. The number of rotatable bonds is 10. The summed E-state index contributed by atoms with van der Waals surface area (Å²) in [5.74, 6) is -0.914. The third-order valence-corrected chi connectivity index (χ3v) is 7.81. The number of imidazole rings is 1. The number of aromatic nitrogens is 2. The summed E-state index contributed by atoms with van der Waals surface area (Å²) < 4.78 is 41.7. The van der Waals surface area contributed by atoms with E-state index in [-0.39, 0.29) is 29.9 Å². The molecule has 0 N–H and O–H groups in total. The van der Waals surface area contributed by atoms with E-state index in [1.807, 2.05) is 41.8 Å². The van der Waals surface area contributed by atoms with Crippen LogP contribution in [0.4, 0.5) is 4.39 Å². The predicted molar refractivity (Wildman–Crippen MR) is 134 cm³/mol. The Bertz CT molecular complexity index is 1400. The van der Waals surface area contributed by atoms with Crippen molar-refractivity contribution in [3.63, 3.8) is 0 Å². The minimum atomic E-state index is -3.86. The molecular weight excluding hydrogens is 485 g/mol. The molecule has 2 aromatic heterocycles. The highest BCUT2D eigenvalue weighted by Crippen LogP contribution is 2.22. The van der Waals surface area contributed by atoms with Crippen molar-refractivity contribution in [3.8, 4) is 0 Å². The van der Waals surface area contributed by atoms with Gasteiger partial charge >= 0.3 is 0 Å². The van der Waals surface area contributed by atoms with Crippen molar-refractivity contribution in [2.75, 3.05) is 6.54 Å². The van der Waals surface area contributed by atoms with Gasteiger partial charge in [0, 0.05) is 6.54 Å². The molecule has 0 saturated carbocycles. The minimum absolute atomic E-state index is 0.0946. The van der Waals surface area contributed by atoms with Crippen molar-refractivity contribution < 1.29 is 17.6 Å². The third-order valence-electron chi connectivity index (χ3n) is 5.35. The Morgan fingerprint density at radius 2 is 1.80 bits per heavy atom. The topological polar surface area (TPSA) is 72.3 Å². The summed E-state index contributed by atoms with van der Waals surface area (Å²) in [6, 6.07) is 18.4. The summed E-state index contributed by atoms with van der Waals surface area (Å²) in [6.07, 6.45) is 3.13. The molecule has 0 bridgehead atoms. The third kappa shape index (κ3) is 5.93. The Morgan fingerprint density at radius 1 is 1.06 bits per heavy atom. The van der Waals surface area contributed by atoms with Crippen LogP contribution in [0, 0.1) is 5.82 Å². The largest absolute Gasteiger partial charge is 0.328 e. The smallest absolute Gasteiger partial charge is 0.264 e. The van der Waals surface area contributed by atoms with E-state index in [0.717, 1.165) is 5.56 Å². The summed E-state index contributed by atoms with van der Waals surface area (Å²) in [4.78, 5) is 19.5. The van der Waals surface area contributed by atoms with Gasteiger partial charge in [0.2, 0.25) is 15.0 Å². The Morgan fingerprint density at radius 3 is 2.46 bits per heavy atom. The van der Waals surface area contributed by atoms with Crippen molar-refractivity contribution in [1.82, 2.24) is 14.5 Å². The normalized spacial score (nSPS) is 11.3. The van der Waals surface area contributed by atoms with Gasteiger partial charge in [-0.3, -0.25) is 4.79 Å². The Kier molecular flexibility index (Phi) is 7.57. The fourth-order valence-corrected chi connectivity index (χ4v) is 5.87. The number of benzene rings is 2. The molecule has 0 spiro atoms. The number of sulfone groups is 1. The number of halogens is 1. The van der Waals surface area contributed by atoms with Gasteiger partial charge in [-0.1, -0.05) is 54.6 Å². The maximum absolute atomic E-state index is 13.4. The molecular formula is C26H24FN3O3S2. The van der Waals surface area contributed by atoms with E-state index in [0.29, 0.717) is 22.7 Å². The lowest BCUT2D eigenvalue weighted by Crippen LogP contribution is -2.31. The average molecular weight is 510 g/mol. The number of carbonyl (C=O) groups is 1. The maximum Gasteiger partial charge on any atom is 0.264 e. The van der Waals surface area contributed by atoms with E-state index in [2.05, 4.69) is 11.6 Å². The van der Waals surface area contributed by atoms with Gasteiger partial charge in [-0.2, -0.15) is 0 Å². The number of carbonyl (C=O) groups excluding carboxylic acids is 1. The van der Waals surface area contributed by atoms with Crippen LogP contribution < -0.4 is 0 Å². The van der Waals surface area contributed by atoms with Crippen LogP contribution in [0.5, 0.6) is 0 Å². The molecule has 1 amide bonds. The lowest BCUT2D eigenvalue weighted by molar-refractivity contribution is 0.0764. The number of thiophene rings is 1. The zero-order valence-electron chi connectivity index (χ0n) is 18.9. The van der Waals surface area contributed by atoms with Crippen molar-refractivity contribution in [2.45, 2.75) is 24.0 Å². The van der Waals surface area contributed by atoms with Crippen LogP contribution in [0.25, 0.3) is 0 Å². The van der Waals surface area contributed by atoms with Crippen molar-refractivity contribution in [1.29, 1.82) is 0 Å². The van der Waals surface area contributed by atoms with Gasteiger partial charge in [0.1, 0.15) is 5.82 Å². The summed E-state index contributed by atoms with van der Waals surface area (Å²) >= 11 is 1.34. The fraction of sp³-hybridized carbons (Fsp3) is 0.154. The molecule has 35 heavy (non-hydrogen) atoms. The lowest BCUT2D eigenvalue weighted by atomic mass is 10.2. The van der Waals surface area contributed by atoms with E-state index in [1.54, 1.807) is 21.6 Å². The predicted octanol–water partition coefficient (Wildman–Crippen LogP) is 4.93. The van der Waals surface area contributed by atoms with Crippen LogP contribution in [0.1, 0.15) is 26.5 Å². The first-order valence-electron chi connectivity index (χ1n) is 10.9. The molecule has 0 unspecified atom stereocenters. The first-order valence-corrected chi connectivity index (χ1v) is 13.4.